The topological polar surface area (TPSA) is 75.5 Å². The Morgan fingerprint density at radius 1 is 0.897 bits per heavy atom. The molecular weight excluding hydrogens is 364 g/mol. The Kier molecular flexibility index (Phi) is 5.34. The summed E-state index contributed by atoms with van der Waals surface area (Å²) in [5.74, 6) is -0.106. The van der Waals surface area contributed by atoms with Gasteiger partial charge in [0.1, 0.15) is 11.3 Å². The zero-order valence-corrected chi connectivity index (χ0v) is 16.8. The molecule has 150 valence electrons. The standard InChI is InChI=1S/C23H26N4O2/c1-15-6-5-7-16(2)21(15)23(29)26-18-11-9-17(10-12-18)25-22(28)19-14-24-20-8-3-4-13-27(19)20/h3-8,13-14,17-18H,9-12H2,1-2H3,(H,25,28)(H,26,29). The lowest BCUT2D eigenvalue weighted by atomic mass is 9.90. The van der Waals surface area contributed by atoms with Crippen molar-refractivity contribution in [3.63, 3.8) is 0 Å². The first kappa shape index (κ1) is 19.2. The Hall–Kier alpha value is -3.15. The van der Waals surface area contributed by atoms with Gasteiger partial charge in [-0.1, -0.05) is 24.3 Å². The Morgan fingerprint density at radius 2 is 1.52 bits per heavy atom. The van der Waals surface area contributed by atoms with E-state index in [1.165, 1.54) is 0 Å². The Morgan fingerprint density at radius 3 is 2.17 bits per heavy atom. The number of fused-ring (bicyclic) bond motifs is 1. The fraction of sp³-hybridized carbons (Fsp3) is 0.348. The summed E-state index contributed by atoms with van der Waals surface area (Å²) in [4.78, 5) is 29.6. The minimum Gasteiger partial charge on any atom is -0.349 e. The molecule has 2 N–H and O–H groups in total. The van der Waals surface area contributed by atoms with Gasteiger partial charge in [0.2, 0.25) is 0 Å². The van der Waals surface area contributed by atoms with Gasteiger partial charge in [0.05, 0.1) is 6.20 Å². The highest BCUT2D eigenvalue weighted by atomic mass is 16.2. The molecule has 1 fully saturated rings. The maximum atomic E-state index is 12.7. The number of aromatic nitrogens is 2. The minimum atomic E-state index is -0.105. The predicted octanol–water partition coefficient (Wildman–Crippen LogP) is 3.42. The quantitative estimate of drug-likeness (QED) is 0.717. The summed E-state index contributed by atoms with van der Waals surface area (Å²) >= 11 is 0. The van der Waals surface area contributed by atoms with Crippen LogP contribution >= 0.6 is 0 Å². The van der Waals surface area contributed by atoms with Crippen LogP contribution in [0.2, 0.25) is 0 Å². The third-order valence-electron chi connectivity index (χ3n) is 5.76. The highest BCUT2D eigenvalue weighted by Gasteiger charge is 2.25. The van der Waals surface area contributed by atoms with E-state index >= 15 is 0 Å². The van der Waals surface area contributed by atoms with E-state index in [4.69, 9.17) is 0 Å². The molecular formula is C23H26N4O2. The largest absolute Gasteiger partial charge is 0.349 e. The van der Waals surface area contributed by atoms with Crippen LogP contribution in [0, 0.1) is 13.8 Å². The number of carbonyl (C=O) groups is 2. The molecule has 2 amide bonds. The van der Waals surface area contributed by atoms with E-state index in [9.17, 15) is 9.59 Å². The molecule has 0 bridgehead atoms. The summed E-state index contributed by atoms with van der Waals surface area (Å²) in [5, 5.41) is 6.30. The number of benzene rings is 1. The van der Waals surface area contributed by atoms with Gasteiger partial charge in [0, 0.05) is 23.8 Å². The van der Waals surface area contributed by atoms with E-state index in [2.05, 4.69) is 15.6 Å². The third kappa shape index (κ3) is 4.01. The van der Waals surface area contributed by atoms with Crippen LogP contribution in [0.1, 0.15) is 57.7 Å². The molecule has 0 atom stereocenters. The number of hydrogen-bond acceptors (Lipinski definition) is 3. The van der Waals surface area contributed by atoms with Crippen LogP contribution in [-0.2, 0) is 0 Å². The normalized spacial score (nSPS) is 19.1. The molecule has 2 heterocycles. The number of nitrogens with zero attached hydrogens (tertiary/aromatic N) is 2. The molecule has 0 saturated heterocycles. The number of hydrogen-bond donors (Lipinski definition) is 2. The Bertz CT molecular complexity index is 1030. The average molecular weight is 390 g/mol. The van der Waals surface area contributed by atoms with Crippen LogP contribution in [0.5, 0.6) is 0 Å². The Labute approximate surface area is 170 Å². The van der Waals surface area contributed by atoms with Crippen molar-refractivity contribution in [3.8, 4) is 0 Å². The van der Waals surface area contributed by atoms with Crippen molar-refractivity contribution in [2.24, 2.45) is 0 Å². The van der Waals surface area contributed by atoms with Gasteiger partial charge in [-0.2, -0.15) is 0 Å². The lowest BCUT2D eigenvalue weighted by Gasteiger charge is -2.30. The van der Waals surface area contributed by atoms with Gasteiger partial charge in [-0.05, 0) is 62.8 Å². The molecule has 0 spiro atoms. The van der Waals surface area contributed by atoms with Crippen LogP contribution in [-0.4, -0.2) is 33.3 Å². The zero-order chi connectivity index (χ0) is 20.4. The van der Waals surface area contributed by atoms with E-state index in [-0.39, 0.29) is 23.9 Å². The monoisotopic (exact) mass is 390 g/mol. The second-order valence-corrected chi connectivity index (χ2v) is 7.83. The van der Waals surface area contributed by atoms with E-state index in [0.29, 0.717) is 5.69 Å². The van der Waals surface area contributed by atoms with Gasteiger partial charge in [-0.25, -0.2) is 4.98 Å². The maximum absolute atomic E-state index is 12.7. The van der Waals surface area contributed by atoms with E-state index < -0.39 is 0 Å². The van der Waals surface area contributed by atoms with Crippen LogP contribution in [0.15, 0.2) is 48.8 Å². The molecule has 1 saturated carbocycles. The van der Waals surface area contributed by atoms with Crippen LogP contribution in [0.3, 0.4) is 0 Å². The number of pyridine rings is 1. The van der Waals surface area contributed by atoms with Crippen LogP contribution < -0.4 is 10.6 Å². The van der Waals surface area contributed by atoms with Crippen molar-refractivity contribution >= 4 is 17.5 Å². The highest BCUT2D eigenvalue weighted by molar-refractivity contribution is 5.97. The summed E-state index contributed by atoms with van der Waals surface area (Å²) in [6.45, 7) is 3.93. The summed E-state index contributed by atoms with van der Waals surface area (Å²) in [6.07, 6.45) is 6.86. The number of nitrogens with one attached hydrogen (secondary N) is 2. The molecule has 0 radical (unpaired) electrons. The second-order valence-electron chi connectivity index (χ2n) is 7.83. The first-order valence-electron chi connectivity index (χ1n) is 10.1. The Balaban J connectivity index is 1.33. The van der Waals surface area contributed by atoms with Gasteiger partial charge in [-0.15, -0.1) is 0 Å². The smallest absolute Gasteiger partial charge is 0.270 e. The summed E-state index contributed by atoms with van der Waals surface area (Å²) < 4.78 is 1.80. The van der Waals surface area contributed by atoms with Crippen molar-refractivity contribution in [1.82, 2.24) is 20.0 Å². The second kappa shape index (κ2) is 8.07. The lowest BCUT2D eigenvalue weighted by molar-refractivity contribution is 0.0888. The van der Waals surface area contributed by atoms with E-state index in [1.54, 1.807) is 10.6 Å². The van der Waals surface area contributed by atoms with Crippen molar-refractivity contribution in [2.45, 2.75) is 51.6 Å². The van der Waals surface area contributed by atoms with Gasteiger partial charge in [0.15, 0.2) is 0 Å². The number of rotatable bonds is 4. The van der Waals surface area contributed by atoms with Crippen LogP contribution in [0.25, 0.3) is 5.65 Å². The fourth-order valence-corrected chi connectivity index (χ4v) is 4.17. The van der Waals surface area contributed by atoms with Gasteiger partial charge in [0.25, 0.3) is 11.8 Å². The first-order valence-corrected chi connectivity index (χ1v) is 10.1. The molecule has 3 aromatic rings. The molecule has 1 aliphatic rings. The molecule has 4 rings (SSSR count). The van der Waals surface area contributed by atoms with E-state index in [1.807, 2.05) is 56.4 Å². The fourth-order valence-electron chi connectivity index (χ4n) is 4.17. The van der Waals surface area contributed by atoms with Crippen molar-refractivity contribution in [2.75, 3.05) is 0 Å². The van der Waals surface area contributed by atoms with Crippen molar-refractivity contribution < 1.29 is 9.59 Å². The lowest BCUT2D eigenvalue weighted by Crippen LogP contribution is -2.44. The maximum Gasteiger partial charge on any atom is 0.270 e. The van der Waals surface area contributed by atoms with Crippen LogP contribution in [0.4, 0.5) is 0 Å². The summed E-state index contributed by atoms with van der Waals surface area (Å²) in [6, 6.07) is 11.8. The molecule has 6 heteroatoms. The molecule has 2 aromatic heterocycles. The molecule has 1 aromatic carbocycles. The third-order valence-corrected chi connectivity index (χ3v) is 5.76. The van der Waals surface area contributed by atoms with Gasteiger partial charge in [-0.3, -0.25) is 14.0 Å². The number of amides is 2. The molecule has 0 aliphatic heterocycles. The number of carbonyl (C=O) groups excluding carboxylic acids is 2. The molecule has 0 unspecified atom stereocenters. The van der Waals surface area contributed by atoms with Crippen molar-refractivity contribution in [3.05, 3.63) is 71.2 Å². The average Bonchev–Trinajstić information content (AvgIpc) is 3.14. The minimum absolute atomic E-state index is 0.00110. The summed E-state index contributed by atoms with van der Waals surface area (Å²) in [5.41, 5.74) is 4.07. The molecule has 1 aliphatic carbocycles. The predicted molar refractivity (Wildman–Crippen MR) is 112 cm³/mol. The number of aryl methyl sites for hydroxylation is 2. The molecule has 6 nitrogen and oxygen atoms in total. The number of imidazole rings is 1. The SMILES string of the molecule is Cc1cccc(C)c1C(=O)NC1CCC(NC(=O)c2cnc3ccccn23)CC1. The zero-order valence-electron chi connectivity index (χ0n) is 16.8. The molecule has 29 heavy (non-hydrogen) atoms. The van der Waals surface area contributed by atoms with Gasteiger partial charge < -0.3 is 10.6 Å². The first-order chi connectivity index (χ1) is 14.0. The van der Waals surface area contributed by atoms with Gasteiger partial charge >= 0.3 is 0 Å². The highest BCUT2D eigenvalue weighted by Crippen LogP contribution is 2.21. The van der Waals surface area contributed by atoms with Crippen molar-refractivity contribution in [1.29, 1.82) is 0 Å². The summed E-state index contributed by atoms with van der Waals surface area (Å²) in [7, 11) is 0. The van der Waals surface area contributed by atoms with E-state index in [0.717, 1.165) is 48.0 Å².